The Balaban J connectivity index is 5.42. The molecule has 0 amide bonds. The van der Waals surface area contributed by atoms with Crippen molar-refractivity contribution in [1.29, 1.82) is 0 Å². The zero-order valence-electron chi connectivity index (χ0n) is 20.5. The predicted molar refractivity (Wildman–Crippen MR) is 145 cm³/mol. The molecule has 0 unspecified atom stereocenters. The van der Waals surface area contributed by atoms with E-state index in [4.69, 9.17) is 0 Å². The summed E-state index contributed by atoms with van der Waals surface area (Å²) in [7, 11) is 5.33. The maximum absolute atomic E-state index is 2.67. The van der Waals surface area contributed by atoms with Crippen molar-refractivity contribution in [1.82, 2.24) is 0 Å². The Labute approximate surface area is 193 Å². The van der Waals surface area contributed by atoms with Crippen molar-refractivity contribution >= 4 is 49.9 Å². The molecular weight excluding hydrogens is 590 g/mol. The second-order valence-electron chi connectivity index (χ2n) is 9.15. The Morgan fingerprint density at radius 3 is 0.679 bits per heavy atom. The molecule has 170 valence electrons. The van der Waals surface area contributed by atoms with Gasteiger partial charge in [0.25, 0.3) is 0 Å². The zero-order chi connectivity index (χ0) is 21.1. The molecule has 0 fully saturated rings. The van der Waals surface area contributed by atoms with Crippen LogP contribution in [-0.2, 0) is 0 Å². The second kappa shape index (κ2) is 19.9. The van der Waals surface area contributed by atoms with Crippen molar-refractivity contribution in [3.63, 3.8) is 0 Å². The molecule has 0 aromatic heterocycles. The summed E-state index contributed by atoms with van der Waals surface area (Å²) in [4.78, 5) is 0. The molecule has 0 heterocycles. The fourth-order valence-electron chi connectivity index (χ4n) is 4.17. The number of rotatable bonds is 21. The van der Waals surface area contributed by atoms with Crippen molar-refractivity contribution in [2.24, 2.45) is 0 Å². The van der Waals surface area contributed by atoms with Gasteiger partial charge in [-0.1, -0.05) is 0 Å². The summed E-state index contributed by atoms with van der Waals surface area (Å²) < 4.78 is 10.1. The van der Waals surface area contributed by atoms with E-state index in [1.807, 2.05) is 0 Å². The van der Waals surface area contributed by atoms with Crippen LogP contribution in [0.15, 0.2) is 0 Å². The van der Waals surface area contributed by atoms with Crippen LogP contribution in [0.25, 0.3) is 0 Å². The molecule has 0 saturated carbocycles. The molecule has 0 aromatic carbocycles. The summed E-state index contributed by atoms with van der Waals surface area (Å²) in [5.41, 5.74) is 0. The third kappa shape index (κ3) is 13.7. The molecule has 0 aliphatic carbocycles. The average molecular weight is 644 g/mol. The van der Waals surface area contributed by atoms with E-state index in [0.29, 0.717) is 0 Å². The van der Waals surface area contributed by atoms with Gasteiger partial charge in [-0.15, -0.1) is 0 Å². The third-order valence-corrected chi connectivity index (χ3v) is 74.0. The van der Waals surface area contributed by atoms with Crippen molar-refractivity contribution in [3.05, 3.63) is 0 Å². The molecular formula is C24H54S2Sn2. The Hall–Kier alpha value is 2.30. The van der Waals surface area contributed by atoms with Crippen molar-refractivity contribution in [2.45, 2.75) is 145 Å². The van der Waals surface area contributed by atoms with Gasteiger partial charge in [-0.05, 0) is 0 Å². The first-order valence-electron chi connectivity index (χ1n) is 12.9. The first-order chi connectivity index (χ1) is 13.6. The average Bonchev–Trinajstić information content (AvgIpc) is 2.73. The molecule has 0 N–H and O–H groups in total. The number of unbranched alkanes of at least 4 members (excludes halogenated alkanes) is 6. The Morgan fingerprint density at radius 1 is 0.357 bits per heavy atom. The molecule has 4 heteroatoms. The van der Waals surface area contributed by atoms with E-state index >= 15 is 0 Å². The van der Waals surface area contributed by atoms with Gasteiger partial charge in [0.1, 0.15) is 0 Å². The van der Waals surface area contributed by atoms with Gasteiger partial charge in [0.05, 0.1) is 0 Å². The molecule has 0 rings (SSSR count). The third-order valence-electron chi connectivity index (χ3n) is 6.31. The minimum atomic E-state index is -2.04. The molecule has 0 atom stereocenters. The van der Waals surface area contributed by atoms with Crippen LogP contribution in [0.4, 0.5) is 0 Å². The quantitative estimate of drug-likeness (QED) is 0.0901. The topological polar surface area (TPSA) is 0 Å². The van der Waals surface area contributed by atoms with Crippen LogP contribution in [0.2, 0.25) is 26.6 Å². The molecule has 0 radical (unpaired) electrons. The van der Waals surface area contributed by atoms with E-state index in [0.717, 1.165) is 0 Å². The fraction of sp³-hybridized carbons (Fsp3) is 1.00. The van der Waals surface area contributed by atoms with Crippen LogP contribution in [0.1, 0.15) is 119 Å². The zero-order valence-corrected chi connectivity index (χ0v) is 27.9. The van der Waals surface area contributed by atoms with Gasteiger partial charge in [-0.2, -0.15) is 0 Å². The van der Waals surface area contributed by atoms with Crippen molar-refractivity contribution < 1.29 is 0 Å². The SMILES string of the molecule is CCC[CH2][Sn]([CH2]CCC)([CH2]CCC)[S][S][Sn]([CH2]CCC)([CH2]CCC)[CH2]CCC. The van der Waals surface area contributed by atoms with Crippen LogP contribution >= 0.6 is 16.0 Å². The fourth-order valence-corrected chi connectivity index (χ4v) is 118. The van der Waals surface area contributed by atoms with Gasteiger partial charge in [-0.25, -0.2) is 0 Å². The van der Waals surface area contributed by atoms with Crippen LogP contribution in [0, 0.1) is 0 Å². The molecule has 0 bridgehead atoms. The maximum atomic E-state index is 2.67. The number of hydrogen-bond acceptors (Lipinski definition) is 2. The van der Waals surface area contributed by atoms with E-state index < -0.39 is 34.0 Å². The van der Waals surface area contributed by atoms with Crippen LogP contribution < -0.4 is 0 Å². The summed E-state index contributed by atoms with van der Waals surface area (Å²) in [6, 6.07) is 0. The number of hydrogen-bond donors (Lipinski definition) is 0. The normalized spacial score (nSPS) is 12.6. The Bertz CT molecular complexity index is 261. The van der Waals surface area contributed by atoms with Crippen molar-refractivity contribution in [2.75, 3.05) is 0 Å². The molecule has 0 aliphatic rings. The van der Waals surface area contributed by atoms with Crippen molar-refractivity contribution in [3.8, 4) is 0 Å². The van der Waals surface area contributed by atoms with Gasteiger partial charge in [-0.3, -0.25) is 0 Å². The summed E-state index contributed by atoms with van der Waals surface area (Å²) in [6.45, 7) is 14.5. The Kier molecular flexibility index (Phi) is 21.6. The summed E-state index contributed by atoms with van der Waals surface area (Å²) in [5, 5.41) is 0. The Morgan fingerprint density at radius 2 is 0.536 bits per heavy atom. The second-order valence-corrected chi connectivity index (χ2v) is 52.7. The van der Waals surface area contributed by atoms with Gasteiger partial charge >= 0.3 is 195 Å². The van der Waals surface area contributed by atoms with Gasteiger partial charge in [0.15, 0.2) is 0 Å². The first kappa shape index (κ1) is 30.3. The summed E-state index contributed by atoms with van der Waals surface area (Å²) in [6.07, 6.45) is 17.6. The van der Waals surface area contributed by atoms with E-state index in [1.54, 1.807) is 26.6 Å². The molecule has 28 heavy (non-hydrogen) atoms. The van der Waals surface area contributed by atoms with E-state index in [-0.39, 0.29) is 0 Å². The summed E-state index contributed by atoms with van der Waals surface area (Å²) in [5.74, 6) is 0. The van der Waals surface area contributed by atoms with Crippen LogP contribution in [-0.4, -0.2) is 34.0 Å². The first-order valence-corrected chi connectivity index (χ1v) is 34.2. The monoisotopic (exact) mass is 646 g/mol. The van der Waals surface area contributed by atoms with E-state index in [2.05, 4.69) is 57.5 Å². The molecule has 0 aliphatic heterocycles. The standard InChI is InChI=1S/6C4H9.S2.2Sn/c6*1-3-4-2;1-2;;/h6*1,3-4H2,2H3;;;/q;;;;;;-2;2*+1. The molecule has 0 nitrogen and oxygen atoms in total. The minimum absolute atomic E-state index is 1.41. The molecule has 0 saturated heterocycles. The van der Waals surface area contributed by atoms with E-state index in [1.165, 1.54) is 77.0 Å². The van der Waals surface area contributed by atoms with Crippen LogP contribution in [0.3, 0.4) is 0 Å². The van der Waals surface area contributed by atoms with Gasteiger partial charge < -0.3 is 0 Å². The van der Waals surface area contributed by atoms with E-state index in [9.17, 15) is 0 Å². The predicted octanol–water partition coefficient (Wildman–Crippen LogP) is 11.1. The summed E-state index contributed by atoms with van der Waals surface area (Å²) >= 11 is -4.09. The molecule has 0 spiro atoms. The van der Waals surface area contributed by atoms with Crippen LogP contribution in [0.5, 0.6) is 0 Å². The van der Waals surface area contributed by atoms with Gasteiger partial charge in [0.2, 0.25) is 0 Å². The van der Waals surface area contributed by atoms with Gasteiger partial charge in [0, 0.05) is 0 Å². The molecule has 0 aromatic rings.